The SMILES string of the molecule is CC/C=C(/C)C(=O)NCc1ccccc1CO. The Hall–Kier alpha value is -1.61. The molecule has 1 aromatic rings. The quantitative estimate of drug-likeness (QED) is 0.766. The summed E-state index contributed by atoms with van der Waals surface area (Å²) in [5, 5.41) is 12.0. The van der Waals surface area contributed by atoms with Crippen molar-refractivity contribution >= 4 is 5.91 Å². The number of aliphatic hydroxyl groups is 1. The van der Waals surface area contributed by atoms with E-state index < -0.39 is 0 Å². The molecule has 3 heteroatoms. The molecular weight excluding hydrogens is 214 g/mol. The summed E-state index contributed by atoms with van der Waals surface area (Å²) < 4.78 is 0. The lowest BCUT2D eigenvalue weighted by Crippen LogP contribution is -2.24. The van der Waals surface area contributed by atoms with Crippen LogP contribution in [0.25, 0.3) is 0 Å². The average molecular weight is 233 g/mol. The summed E-state index contributed by atoms with van der Waals surface area (Å²) in [5.41, 5.74) is 2.53. The van der Waals surface area contributed by atoms with Gasteiger partial charge in [0.25, 0.3) is 0 Å². The first-order valence-electron chi connectivity index (χ1n) is 5.81. The molecule has 0 heterocycles. The average Bonchev–Trinajstić information content (AvgIpc) is 2.36. The second-order valence-electron chi connectivity index (χ2n) is 3.90. The first-order valence-corrected chi connectivity index (χ1v) is 5.81. The number of hydrogen-bond donors (Lipinski definition) is 2. The van der Waals surface area contributed by atoms with Crippen LogP contribution < -0.4 is 5.32 Å². The van der Waals surface area contributed by atoms with Crippen LogP contribution in [0.5, 0.6) is 0 Å². The number of hydrogen-bond acceptors (Lipinski definition) is 2. The summed E-state index contributed by atoms with van der Waals surface area (Å²) in [6.45, 7) is 4.24. The number of allylic oxidation sites excluding steroid dienone is 1. The summed E-state index contributed by atoms with van der Waals surface area (Å²) in [6.07, 6.45) is 2.75. The predicted molar refractivity (Wildman–Crippen MR) is 68.3 cm³/mol. The molecule has 0 saturated heterocycles. The zero-order valence-electron chi connectivity index (χ0n) is 10.4. The molecule has 17 heavy (non-hydrogen) atoms. The molecule has 0 atom stereocenters. The van der Waals surface area contributed by atoms with Crippen LogP contribution in [-0.4, -0.2) is 11.0 Å². The van der Waals surface area contributed by atoms with E-state index in [0.29, 0.717) is 6.54 Å². The van der Waals surface area contributed by atoms with Gasteiger partial charge in [-0.05, 0) is 24.5 Å². The lowest BCUT2D eigenvalue weighted by molar-refractivity contribution is -0.117. The Kier molecular flexibility index (Phi) is 5.43. The molecular formula is C14H19NO2. The first-order chi connectivity index (χ1) is 8.19. The Morgan fingerprint density at radius 2 is 2.00 bits per heavy atom. The van der Waals surface area contributed by atoms with Crippen molar-refractivity contribution in [3.63, 3.8) is 0 Å². The molecule has 0 saturated carbocycles. The van der Waals surface area contributed by atoms with E-state index in [0.717, 1.165) is 23.1 Å². The molecule has 92 valence electrons. The van der Waals surface area contributed by atoms with Crippen molar-refractivity contribution in [3.05, 3.63) is 47.0 Å². The fraction of sp³-hybridized carbons (Fsp3) is 0.357. The van der Waals surface area contributed by atoms with Crippen molar-refractivity contribution in [2.45, 2.75) is 33.4 Å². The van der Waals surface area contributed by atoms with Gasteiger partial charge >= 0.3 is 0 Å². The van der Waals surface area contributed by atoms with E-state index >= 15 is 0 Å². The second kappa shape index (κ2) is 6.86. The lowest BCUT2D eigenvalue weighted by Gasteiger charge is -2.09. The van der Waals surface area contributed by atoms with Crippen LogP contribution in [0.1, 0.15) is 31.4 Å². The van der Waals surface area contributed by atoms with E-state index in [1.165, 1.54) is 0 Å². The van der Waals surface area contributed by atoms with Crippen LogP contribution in [0.3, 0.4) is 0 Å². The standard InChI is InChI=1S/C14H19NO2/c1-3-6-11(2)14(17)15-9-12-7-4-5-8-13(12)10-16/h4-8,16H,3,9-10H2,1-2H3,(H,15,17)/b11-6-. The molecule has 0 bridgehead atoms. The third-order valence-electron chi connectivity index (χ3n) is 2.60. The maximum absolute atomic E-state index is 11.7. The van der Waals surface area contributed by atoms with Gasteiger partial charge in [-0.25, -0.2) is 0 Å². The Bertz CT molecular complexity index is 410. The molecule has 1 amide bonds. The minimum Gasteiger partial charge on any atom is -0.392 e. The highest BCUT2D eigenvalue weighted by molar-refractivity contribution is 5.92. The topological polar surface area (TPSA) is 49.3 Å². The van der Waals surface area contributed by atoms with Gasteiger partial charge in [0.1, 0.15) is 0 Å². The number of aliphatic hydroxyl groups excluding tert-OH is 1. The van der Waals surface area contributed by atoms with Gasteiger partial charge < -0.3 is 10.4 Å². The largest absolute Gasteiger partial charge is 0.392 e. The third-order valence-corrected chi connectivity index (χ3v) is 2.60. The molecule has 0 aliphatic heterocycles. The summed E-state index contributed by atoms with van der Waals surface area (Å²) in [6, 6.07) is 7.54. The number of carbonyl (C=O) groups is 1. The summed E-state index contributed by atoms with van der Waals surface area (Å²) in [4.78, 5) is 11.7. The Morgan fingerprint density at radius 3 is 2.59 bits per heavy atom. The molecule has 0 unspecified atom stereocenters. The van der Waals surface area contributed by atoms with E-state index in [9.17, 15) is 4.79 Å². The number of rotatable bonds is 5. The van der Waals surface area contributed by atoms with Crippen molar-refractivity contribution < 1.29 is 9.90 Å². The fourth-order valence-corrected chi connectivity index (χ4v) is 1.60. The van der Waals surface area contributed by atoms with Gasteiger partial charge in [-0.1, -0.05) is 37.3 Å². The van der Waals surface area contributed by atoms with Gasteiger partial charge in [0, 0.05) is 12.1 Å². The van der Waals surface area contributed by atoms with Gasteiger partial charge in [0.15, 0.2) is 0 Å². The third kappa shape index (κ3) is 4.04. The molecule has 0 spiro atoms. The highest BCUT2D eigenvalue weighted by atomic mass is 16.3. The van der Waals surface area contributed by atoms with Crippen LogP contribution in [0.4, 0.5) is 0 Å². The molecule has 1 aromatic carbocycles. The Labute approximate surface area is 102 Å². The Balaban J connectivity index is 2.61. The molecule has 0 aliphatic carbocycles. The van der Waals surface area contributed by atoms with Crippen LogP contribution >= 0.6 is 0 Å². The van der Waals surface area contributed by atoms with Gasteiger partial charge in [-0.15, -0.1) is 0 Å². The van der Waals surface area contributed by atoms with E-state index in [-0.39, 0.29) is 12.5 Å². The van der Waals surface area contributed by atoms with Crippen molar-refractivity contribution in [1.29, 1.82) is 0 Å². The van der Waals surface area contributed by atoms with Crippen LogP contribution in [-0.2, 0) is 17.9 Å². The Morgan fingerprint density at radius 1 is 1.35 bits per heavy atom. The molecule has 0 radical (unpaired) electrons. The van der Waals surface area contributed by atoms with Gasteiger partial charge in [-0.3, -0.25) is 4.79 Å². The van der Waals surface area contributed by atoms with E-state index in [2.05, 4.69) is 5.32 Å². The molecule has 3 nitrogen and oxygen atoms in total. The minimum atomic E-state index is -0.0559. The number of amides is 1. The van der Waals surface area contributed by atoms with E-state index in [1.54, 1.807) is 6.92 Å². The van der Waals surface area contributed by atoms with Gasteiger partial charge in [0.05, 0.1) is 6.61 Å². The van der Waals surface area contributed by atoms with Crippen LogP contribution in [0, 0.1) is 0 Å². The molecule has 1 rings (SSSR count). The van der Waals surface area contributed by atoms with E-state index in [1.807, 2.05) is 37.3 Å². The highest BCUT2D eigenvalue weighted by Gasteiger charge is 2.05. The minimum absolute atomic E-state index is 0.00414. The predicted octanol–water partition coefficient (Wildman–Crippen LogP) is 2.15. The zero-order chi connectivity index (χ0) is 12.7. The smallest absolute Gasteiger partial charge is 0.246 e. The molecule has 0 aromatic heterocycles. The maximum atomic E-state index is 11.7. The number of benzene rings is 1. The molecule has 0 fully saturated rings. The van der Waals surface area contributed by atoms with E-state index in [4.69, 9.17) is 5.11 Å². The normalized spacial score (nSPS) is 11.4. The van der Waals surface area contributed by atoms with Crippen LogP contribution in [0.2, 0.25) is 0 Å². The lowest BCUT2D eigenvalue weighted by atomic mass is 10.1. The summed E-state index contributed by atoms with van der Waals surface area (Å²) in [7, 11) is 0. The van der Waals surface area contributed by atoms with Crippen molar-refractivity contribution in [1.82, 2.24) is 5.32 Å². The summed E-state index contributed by atoms with van der Waals surface area (Å²) in [5.74, 6) is -0.0559. The highest BCUT2D eigenvalue weighted by Crippen LogP contribution is 2.08. The van der Waals surface area contributed by atoms with Crippen LogP contribution in [0.15, 0.2) is 35.9 Å². The maximum Gasteiger partial charge on any atom is 0.246 e. The monoisotopic (exact) mass is 233 g/mol. The molecule has 2 N–H and O–H groups in total. The van der Waals surface area contributed by atoms with Crippen molar-refractivity contribution in [2.24, 2.45) is 0 Å². The van der Waals surface area contributed by atoms with Crippen molar-refractivity contribution in [3.8, 4) is 0 Å². The number of carbonyl (C=O) groups excluding carboxylic acids is 1. The van der Waals surface area contributed by atoms with Gasteiger partial charge in [0.2, 0.25) is 5.91 Å². The number of nitrogens with one attached hydrogen (secondary N) is 1. The van der Waals surface area contributed by atoms with Crippen molar-refractivity contribution in [2.75, 3.05) is 0 Å². The fourth-order valence-electron chi connectivity index (χ4n) is 1.60. The summed E-state index contributed by atoms with van der Waals surface area (Å²) >= 11 is 0. The van der Waals surface area contributed by atoms with Gasteiger partial charge in [-0.2, -0.15) is 0 Å². The zero-order valence-corrected chi connectivity index (χ0v) is 10.4. The second-order valence-corrected chi connectivity index (χ2v) is 3.90. The first kappa shape index (κ1) is 13.5. The molecule has 0 aliphatic rings.